The maximum absolute atomic E-state index is 10.8. The summed E-state index contributed by atoms with van der Waals surface area (Å²) < 4.78 is 0. The van der Waals surface area contributed by atoms with Gasteiger partial charge in [-0.15, -0.1) is 0 Å². The van der Waals surface area contributed by atoms with E-state index in [4.69, 9.17) is 10.2 Å². The van der Waals surface area contributed by atoms with Crippen LogP contribution in [-0.4, -0.2) is 22.2 Å². The lowest BCUT2D eigenvalue weighted by Gasteiger charge is -2.17. The molecule has 0 spiro atoms. The molecule has 0 bridgehead atoms. The number of hydrogen-bond acceptors (Lipinski definition) is 2. The summed E-state index contributed by atoms with van der Waals surface area (Å²) in [6.45, 7) is 3.83. The van der Waals surface area contributed by atoms with E-state index in [1.54, 1.807) is 6.92 Å². The third-order valence-electron chi connectivity index (χ3n) is 2.41. The summed E-state index contributed by atoms with van der Waals surface area (Å²) in [6.07, 6.45) is 2.45. The van der Waals surface area contributed by atoms with Gasteiger partial charge in [0.2, 0.25) is 0 Å². The van der Waals surface area contributed by atoms with E-state index >= 15 is 0 Å². The lowest BCUT2D eigenvalue weighted by atomic mass is 9.87. The molecule has 4 nitrogen and oxygen atoms in total. The molecule has 4 heteroatoms. The van der Waals surface area contributed by atoms with Gasteiger partial charge in [-0.1, -0.05) is 26.7 Å². The quantitative estimate of drug-likeness (QED) is 0.662. The number of carboxylic acids is 2. The SMILES string of the molecule is CCCC[C@H](C)[C@@H](CC(=O)O)C(=O)O. The first-order valence-electron chi connectivity index (χ1n) is 4.93. The fourth-order valence-corrected chi connectivity index (χ4v) is 1.45. The first-order chi connectivity index (χ1) is 6.49. The van der Waals surface area contributed by atoms with Crippen molar-refractivity contribution in [3.63, 3.8) is 0 Å². The van der Waals surface area contributed by atoms with Gasteiger partial charge in [-0.3, -0.25) is 9.59 Å². The minimum atomic E-state index is -1.04. The van der Waals surface area contributed by atoms with Gasteiger partial charge in [0.05, 0.1) is 12.3 Å². The van der Waals surface area contributed by atoms with Crippen molar-refractivity contribution in [1.29, 1.82) is 0 Å². The van der Waals surface area contributed by atoms with Crippen LogP contribution in [0.1, 0.15) is 39.5 Å². The van der Waals surface area contributed by atoms with Crippen LogP contribution in [0.4, 0.5) is 0 Å². The average molecular weight is 202 g/mol. The summed E-state index contributed by atoms with van der Waals surface area (Å²) in [5, 5.41) is 17.4. The summed E-state index contributed by atoms with van der Waals surface area (Å²) in [4.78, 5) is 21.2. The van der Waals surface area contributed by atoms with Crippen LogP contribution in [0.5, 0.6) is 0 Å². The highest BCUT2D eigenvalue weighted by Crippen LogP contribution is 2.21. The van der Waals surface area contributed by atoms with Crippen LogP contribution in [0.25, 0.3) is 0 Å². The van der Waals surface area contributed by atoms with E-state index in [0.717, 1.165) is 19.3 Å². The predicted octanol–water partition coefficient (Wildman–Crippen LogP) is 1.99. The van der Waals surface area contributed by atoms with Gasteiger partial charge < -0.3 is 10.2 Å². The Hall–Kier alpha value is -1.06. The summed E-state index contributed by atoms with van der Waals surface area (Å²) in [5.41, 5.74) is 0. The van der Waals surface area contributed by atoms with Crippen molar-refractivity contribution >= 4 is 11.9 Å². The van der Waals surface area contributed by atoms with Crippen molar-refractivity contribution < 1.29 is 19.8 Å². The Bertz CT molecular complexity index is 200. The zero-order valence-corrected chi connectivity index (χ0v) is 8.69. The first kappa shape index (κ1) is 12.9. The van der Waals surface area contributed by atoms with E-state index in [1.165, 1.54) is 0 Å². The van der Waals surface area contributed by atoms with Crippen molar-refractivity contribution in [2.45, 2.75) is 39.5 Å². The van der Waals surface area contributed by atoms with Gasteiger partial charge in [0, 0.05) is 0 Å². The van der Waals surface area contributed by atoms with E-state index in [2.05, 4.69) is 0 Å². The van der Waals surface area contributed by atoms with Crippen LogP contribution >= 0.6 is 0 Å². The lowest BCUT2D eigenvalue weighted by molar-refractivity contribution is -0.150. The summed E-state index contributed by atoms with van der Waals surface area (Å²) in [7, 11) is 0. The average Bonchev–Trinajstić information content (AvgIpc) is 2.09. The molecule has 0 radical (unpaired) electrons. The number of rotatable bonds is 7. The highest BCUT2D eigenvalue weighted by atomic mass is 16.4. The second kappa shape index (κ2) is 6.40. The highest BCUT2D eigenvalue weighted by Gasteiger charge is 2.26. The van der Waals surface area contributed by atoms with E-state index in [-0.39, 0.29) is 12.3 Å². The number of carbonyl (C=O) groups is 2. The molecule has 0 aliphatic heterocycles. The molecular weight excluding hydrogens is 184 g/mol. The number of hydrogen-bond donors (Lipinski definition) is 2. The van der Waals surface area contributed by atoms with E-state index in [0.29, 0.717) is 0 Å². The molecule has 0 aromatic heterocycles. The zero-order valence-electron chi connectivity index (χ0n) is 8.69. The van der Waals surface area contributed by atoms with Crippen molar-refractivity contribution in [3.8, 4) is 0 Å². The summed E-state index contributed by atoms with van der Waals surface area (Å²) in [5.74, 6) is -2.86. The van der Waals surface area contributed by atoms with E-state index < -0.39 is 17.9 Å². The standard InChI is InChI=1S/C10H18O4/c1-3-4-5-7(2)8(10(13)14)6-9(11)12/h7-8H,3-6H2,1-2H3,(H,11,12)(H,13,14)/t7-,8+/m0/s1. The molecule has 0 saturated heterocycles. The molecule has 2 atom stereocenters. The molecule has 0 aliphatic rings. The van der Waals surface area contributed by atoms with Crippen LogP contribution in [0.3, 0.4) is 0 Å². The molecule has 0 heterocycles. The topological polar surface area (TPSA) is 74.6 Å². The van der Waals surface area contributed by atoms with Crippen molar-refractivity contribution in [2.75, 3.05) is 0 Å². The van der Waals surface area contributed by atoms with Crippen LogP contribution in [0, 0.1) is 11.8 Å². The van der Waals surface area contributed by atoms with Gasteiger partial charge in [0.15, 0.2) is 0 Å². The Morgan fingerprint density at radius 3 is 2.21 bits per heavy atom. The van der Waals surface area contributed by atoms with E-state index in [9.17, 15) is 9.59 Å². The minimum Gasteiger partial charge on any atom is -0.481 e. The van der Waals surface area contributed by atoms with Crippen molar-refractivity contribution in [1.82, 2.24) is 0 Å². The number of carboxylic acid groups (broad SMARTS) is 2. The van der Waals surface area contributed by atoms with Gasteiger partial charge in [-0.2, -0.15) is 0 Å². The molecule has 14 heavy (non-hydrogen) atoms. The second-order valence-corrected chi connectivity index (χ2v) is 3.66. The number of aliphatic carboxylic acids is 2. The Kier molecular flexibility index (Phi) is 5.92. The normalized spacial score (nSPS) is 14.7. The smallest absolute Gasteiger partial charge is 0.307 e. The predicted molar refractivity (Wildman–Crippen MR) is 52.1 cm³/mol. The molecule has 0 aromatic rings. The second-order valence-electron chi connectivity index (χ2n) is 3.66. The van der Waals surface area contributed by atoms with Crippen LogP contribution in [0.15, 0.2) is 0 Å². The number of unbranched alkanes of at least 4 members (excludes halogenated alkanes) is 1. The molecule has 0 aliphatic carbocycles. The van der Waals surface area contributed by atoms with Gasteiger partial charge in [0.25, 0.3) is 0 Å². The molecule has 0 aromatic carbocycles. The Morgan fingerprint density at radius 2 is 1.86 bits per heavy atom. The maximum atomic E-state index is 10.8. The molecule has 0 fully saturated rings. The third-order valence-corrected chi connectivity index (χ3v) is 2.41. The van der Waals surface area contributed by atoms with Gasteiger partial charge in [-0.25, -0.2) is 0 Å². The largest absolute Gasteiger partial charge is 0.481 e. The zero-order chi connectivity index (χ0) is 11.1. The van der Waals surface area contributed by atoms with Gasteiger partial charge in [0.1, 0.15) is 0 Å². The Balaban J connectivity index is 4.18. The molecule has 2 N–H and O–H groups in total. The van der Waals surface area contributed by atoms with E-state index in [1.807, 2.05) is 6.92 Å². The van der Waals surface area contributed by atoms with Crippen LogP contribution < -0.4 is 0 Å². The summed E-state index contributed by atoms with van der Waals surface area (Å²) >= 11 is 0. The molecule has 0 saturated carbocycles. The van der Waals surface area contributed by atoms with Gasteiger partial charge >= 0.3 is 11.9 Å². The molecule has 0 amide bonds. The summed E-state index contributed by atoms with van der Waals surface area (Å²) in [6, 6.07) is 0. The van der Waals surface area contributed by atoms with Crippen molar-refractivity contribution in [3.05, 3.63) is 0 Å². The maximum Gasteiger partial charge on any atom is 0.307 e. The fourth-order valence-electron chi connectivity index (χ4n) is 1.45. The molecule has 0 unspecified atom stereocenters. The lowest BCUT2D eigenvalue weighted by Crippen LogP contribution is -2.24. The molecule has 82 valence electrons. The van der Waals surface area contributed by atoms with Crippen molar-refractivity contribution in [2.24, 2.45) is 11.8 Å². The highest BCUT2D eigenvalue weighted by molar-refractivity contribution is 5.77. The van der Waals surface area contributed by atoms with Crippen LogP contribution in [-0.2, 0) is 9.59 Å². The molecule has 0 rings (SSSR count). The minimum absolute atomic E-state index is 0.0662. The van der Waals surface area contributed by atoms with Gasteiger partial charge in [-0.05, 0) is 12.3 Å². The van der Waals surface area contributed by atoms with Crippen LogP contribution in [0.2, 0.25) is 0 Å². The third kappa shape index (κ3) is 4.84. The Labute approximate surface area is 83.9 Å². The monoisotopic (exact) mass is 202 g/mol. The fraction of sp³-hybridized carbons (Fsp3) is 0.800. The first-order valence-corrected chi connectivity index (χ1v) is 4.93. The molecular formula is C10H18O4. The Morgan fingerprint density at radius 1 is 1.29 bits per heavy atom.